The molecule has 9 heteroatoms. The van der Waals surface area contributed by atoms with Crippen LogP contribution in [0.1, 0.15) is 24.0 Å². The van der Waals surface area contributed by atoms with Gasteiger partial charge in [-0.05, 0) is 42.5 Å². The Labute approximate surface area is 174 Å². The normalized spacial score (nSPS) is 19.4. The first-order chi connectivity index (χ1) is 14.2. The number of pyridine rings is 1. The van der Waals surface area contributed by atoms with Crippen LogP contribution >= 0.6 is 0 Å². The minimum atomic E-state index is -3.24. The molecule has 1 aromatic heterocycles. The standard InChI is InChI=1S/C21H23FN2O5S/c1-30(27,28)12-13-2-3-16(17(22)8-13)18-9-15-10-19(29-20(15)11-23-18)14-4-6-24(7-5-14)21(25)26/h2-3,8-9,11,14,19H,4-7,10,12H2,1H3,(H,25,26). The molecule has 3 heterocycles. The Morgan fingerprint density at radius 3 is 2.67 bits per heavy atom. The highest BCUT2D eigenvalue weighted by atomic mass is 32.2. The van der Waals surface area contributed by atoms with Gasteiger partial charge in [0.1, 0.15) is 17.7 Å². The molecule has 0 radical (unpaired) electrons. The largest absolute Gasteiger partial charge is 0.488 e. The Bertz CT molecular complexity index is 1080. The molecular weight excluding hydrogens is 411 g/mol. The lowest BCUT2D eigenvalue weighted by Gasteiger charge is -2.32. The fraction of sp³-hybridized carbons (Fsp3) is 0.429. The smallest absolute Gasteiger partial charge is 0.407 e. The number of fused-ring (bicyclic) bond motifs is 1. The van der Waals surface area contributed by atoms with Gasteiger partial charge >= 0.3 is 6.09 Å². The third-order valence-corrected chi connectivity index (χ3v) is 6.58. The number of carboxylic acid groups (broad SMARTS) is 1. The average molecular weight is 434 g/mol. The van der Waals surface area contributed by atoms with Crippen LogP contribution < -0.4 is 4.74 Å². The van der Waals surface area contributed by atoms with E-state index in [0.29, 0.717) is 42.1 Å². The van der Waals surface area contributed by atoms with Crippen molar-refractivity contribution >= 4 is 15.9 Å². The van der Waals surface area contributed by atoms with Gasteiger partial charge < -0.3 is 14.7 Å². The molecule has 0 aliphatic carbocycles. The van der Waals surface area contributed by atoms with Gasteiger partial charge in [-0.3, -0.25) is 4.98 Å². The van der Waals surface area contributed by atoms with Gasteiger partial charge in [0.05, 0.1) is 17.6 Å². The number of nitrogens with zero attached hydrogens (tertiary/aromatic N) is 2. The van der Waals surface area contributed by atoms with Crippen LogP contribution in [0.15, 0.2) is 30.5 Å². The van der Waals surface area contributed by atoms with E-state index in [0.717, 1.165) is 24.7 Å². The van der Waals surface area contributed by atoms with Crippen molar-refractivity contribution in [2.45, 2.75) is 31.1 Å². The highest BCUT2D eigenvalue weighted by molar-refractivity contribution is 7.89. The Hall–Kier alpha value is -2.68. The van der Waals surface area contributed by atoms with Crippen LogP contribution in [0.4, 0.5) is 9.18 Å². The average Bonchev–Trinajstić information content (AvgIpc) is 3.10. The maximum absolute atomic E-state index is 14.6. The van der Waals surface area contributed by atoms with Crippen molar-refractivity contribution < 1.29 is 27.4 Å². The Morgan fingerprint density at radius 1 is 1.30 bits per heavy atom. The van der Waals surface area contributed by atoms with E-state index in [9.17, 15) is 17.6 Å². The van der Waals surface area contributed by atoms with Crippen molar-refractivity contribution in [1.82, 2.24) is 9.88 Å². The second kappa shape index (κ2) is 7.86. The van der Waals surface area contributed by atoms with Gasteiger partial charge in [0.25, 0.3) is 0 Å². The fourth-order valence-electron chi connectivity index (χ4n) is 4.20. The molecule has 2 aromatic rings. The Morgan fingerprint density at radius 2 is 2.03 bits per heavy atom. The van der Waals surface area contributed by atoms with E-state index in [4.69, 9.17) is 9.84 Å². The maximum atomic E-state index is 14.6. The summed E-state index contributed by atoms with van der Waals surface area (Å²) < 4.78 is 43.5. The van der Waals surface area contributed by atoms with E-state index >= 15 is 0 Å². The molecule has 0 spiro atoms. The number of benzene rings is 1. The summed E-state index contributed by atoms with van der Waals surface area (Å²) in [5.74, 6) is 0.222. The van der Waals surface area contributed by atoms with Gasteiger partial charge in [-0.15, -0.1) is 0 Å². The number of aromatic nitrogens is 1. The number of rotatable bonds is 4. The van der Waals surface area contributed by atoms with Gasteiger partial charge in [-0.2, -0.15) is 0 Å². The minimum absolute atomic E-state index is 0.0324. The molecule has 1 saturated heterocycles. The zero-order chi connectivity index (χ0) is 21.5. The highest BCUT2D eigenvalue weighted by Gasteiger charge is 2.34. The van der Waals surface area contributed by atoms with Crippen LogP contribution in [0.3, 0.4) is 0 Å². The molecule has 1 unspecified atom stereocenters. The van der Waals surface area contributed by atoms with Gasteiger partial charge in [0.2, 0.25) is 0 Å². The summed E-state index contributed by atoms with van der Waals surface area (Å²) in [5, 5.41) is 9.09. The quantitative estimate of drug-likeness (QED) is 0.794. The lowest BCUT2D eigenvalue weighted by Crippen LogP contribution is -2.41. The monoisotopic (exact) mass is 434 g/mol. The van der Waals surface area contributed by atoms with E-state index in [1.54, 1.807) is 18.3 Å². The third-order valence-electron chi connectivity index (χ3n) is 5.72. The summed E-state index contributed by atoms with van der Waals surface area (Å²) in [4.78, 5) is 16.8. The predicted octanol–water partition coefficient (Wildman–Crippen LogP) is 3.13. The molecule has 1 aromatic carbocycles. The van der Waals surface area contributed by atoms with Crippen LogP contribution in [0.5, 0.6) is 5.75 Å². The van der Waals surface area contributed by atoms with Crippen LogP contribution in [-0.4, -0.2) is 55.0 Å². The van der Waals surface area contributed by atoms with Crippen LogP contribution in [0, 0.1) is 11.7 Å². The molecule has 0 bridgehead atoms. The van der Waals surface area contributed by atoms with Crippen molar-refractivity contribution in [3.8, 4) is 17.0 Å². The molecule has 160 valence electrons. The number of sulfone groups is 1. The fourth-order valence-corrected chi connectivity index (χ4v) is 4.99. The zero-order valence-electron chi connectivity index (χ0n) is 16.5. The van der Waals surface area contributed by atoms with Crippen molar-refractivity contribution in [1.29, 1.82) is 0 Å². The lowest BCUT2D eigenvalue weighted by molar-refractivity contribution is 0.0834. The number of hydrogen-bond acceptors (Lipinski definition) is 5. The van der Waals surface area contributed by atoms with Crippen LogP contribution in [0.2, 0.25) is 0 Å². The number of halogens is 1. The number of amides is 1. The molecule has 1 atom stereocenters. The SMILES string of the molecule is CS(=O)(=O)Cc1ccc(-c2cc3c(cn2)OC(C2CCN(C(=O)O)CC2)C3)c(F)c1. The number of ether oxygens (including phenoxy) is 1. The molecule has 1 N–H and O–H groups in total. The van der Waals surface area contributed by atoms with Crippen LogP contribution in [0.25, 0.3) is 11.3 Å². The van der Waals surface area contributed by atoms with Gasteiger partial charge in [0.15, 0.2) is 9.84 Å². The van der Waals surface area contributed by atoms with Crippen molar-refractivity contribution in [2.75, 3.05) is 19.3 Å². The van der Waals surface area contributed by atoms with Crippen molar-refractivity contribution in [2.24, 2.45) is 5.92 Å². The molecule has 7 nitrogen and oxygen atoms in total. The summed E-state index contributed by atoms with van der Waals surface area (Å²) >= 11 is 0. The Kier molecular flexibility index (Phi) is 5.40. The van der Waals surface area contributed by atoms with Gasteiger partial charge in [0, 0.05) is 36.9 Å². The first-order valence-corrected chi connectivity index (χ1v) is 11.9. The second-order valence-electron chi connectivity index (χ2n) is 8.03. The third kappa shape index (κ3) is 4.40. The number of likely N-dealkylation sites (tertiary alicyclic amines) is 1. The first kappa shape index (κ1) is 20.6. The molecule has 30 heavy (non-hydrogen) atoms. The first-order valence-electron chi connectivity index (χ1n) is 9.79. The topological polar surface area (TPSA) is 96.8 Å². The van der Waals surface area contributed by atoms with E-state index in [2.05, 4.69) is 4.98 Å². The molecule has 1 fully saturated rings. The van der Waals surface area contributed by atoms with E-state index in [-0.39, 0.29) is 17.8 Å². The molecule has 1 amide bonds. The molecule has 4 rings (SSSR count). The molecule has 0 saturated carbocycles. The van der Waals surface area contributed by atoms with Crippen molar-refractivity contribution in [3.05, 3.63) is 47.4 Å². The maximum Gasteiger partial charge on any atom is 0.407 e. The van der Waals surface area contributed by atoms with Crippen molar-refractivity contribution in [3.63, 3.8) is 0 Å². The summed E-state index contributed by atoms with van der Waals surface area (Å²) in [6.45, 7) is 1.01. The van der Waals surface area contributed by atoms with Crippen LogP contribution in [-0.2, 0) is 22.0 Å². The number of hydrogen-bond donors (Lipinski definition) is 1. The molecule has 2 aliphatic rings. The van der Waals surface area contributed by atoms with E-state index in [1.807, 2.05) is 6.07 Å². The molecular formula is C21H23FN2O5S. The molecule has 2 aliphatic heterocycles. The summed E-state index contributed by atoms with van der Waals surface area (Å²) in [7, 11) is -3.24. The predicted molar refractivity (Wildman–Crippen MR) is 109 cm³/mol. The number of carbonyl (C=O) groups is 1. The van der Waals surface area contributed by atoms with Gasteiger partial charge in [-0.25, -0.2) is 17.6 Å². The van der Waals surface area contributed by atoms with E-state index < -0.39 is 21.7 Å². The number of piperidine rings is 1. The highest BCUT2D eigenvalue weighted by Crippen LogP contribution is 2.37. The van der Waals surface area contributed by atoms with Gasteiger partial charge in [-0.1, -0.05) is 6.07 Å². The summed E-state index contributed by atoms with van der Waals surface area (Å²) in [5.41, 5.74) is 2.14. The summed E-state index contributed by atoms with van der Waals surface area (Å²) in [6.07, 6.45) is 3.97. The Balaban J connectivity index is 1.48. The summed E-state index contributed by atoms with van der Waals surface area (Å²) in [6, 6.07) is 6.21. The van der Waals surface area contributed by atoms with E-state index in [1.165, 1.54) is 11.0 Å². The minimum Gasteiger partial charge on any atom is -0.488 e. The lowest BCUT2D eigenvalue weighted by atomic mass is 9.89. The zero-order valence-corrected chi connectivity index (χ0v) is 17.4. The second-order valence-corrected chi connectivity index (χ2v) is 10.2.